The smallest absolute Gasteiger partial charge is 0.253 e. The number of hydrogen-bond acceptors (Lipinski definition) is 3. The van der Waals surface area contributed by atoms with E-state index in [0.29, 0.717) is 12.1 Å². The van der Waals surface area contributed by atoms with Crippen molar-refractivity contribution in [3.8, 4) is 0 Å². The van der Waals surface area contributed by atoms with Gasteiger partial charge in [0.15, 0.2) is 0 Å². The zero-order chi connectivity index (χ0) is 12.3. The van der Waals surface area contributed by atoms with Gasteiger partial charge in [-0.25, -0.2) is 4.98 Å². The first-order valence-corrected chi connectivity index (χ1v) is 6.02. The van der Waals surface area contributed by atoms with E-state index >= 15 is 0 Å². The van der Waals surface area contributed by atoms with Crippen LogP contribution in [0, 0.1) is 12.9 Å². The van der Waals surface area contributed by atoms with Crippen LogP contribution in [0.3, 0.4) is 0 Å². The van der Waals surface area contributed by atoms with Crippen LogP contribution in [0.1, 0.15) is 21.5 Å². The average Bonchev–Trinajstić information content (AvgIpc) is 2.73. The lowest BCUT2D eigenvalue weighted by Crippen LogP contribution is -2.23. The molecular weight excluding hydrogens is 239 g/mol. The van der Waals surface area contributed by atoms with Crippen LogP contribution < -0.4 is 5.32 Å². The van der Waals surface area contributed by atoms with Crippen LogP contribution in [0.4, 0.5) is 4.39 Å². The van der Waals surface area contributed by atoms with Crippen molar-refractivity contribution in [2.75, 3.05) is 0 Å². The average molecular weight is 250 g/mol. The summed E-state index contributed by atoms with van der Waals surface area (Å²) in [7, 11) is 0. The van der Waals surface area contributed by atoms with Gasteiger partial charge in [0, 0.05) is 12.7 Å². The van der Waals surface area contributed by atoms with E-state index in [0.717, 1.165) is 11.1 Å². The van der Waals surface area contributed by atoms with Crippen LogP contribution in [0.25, 0.3) is 0 Å². The van der Waals surface area contributed by atoms with Gasteiger partial charge in [-0.2, -0.15) is 15.7 Å². The molecule has 0 aliphatic heterocycles. The van der Waals surface area contributed by atoms with Gasteiger partial charge < -0.3 is 5.32 Å². The largest absolute Gasteiger partial charge is 0.348 e. The predicted octanol–water partition coefficient (Wildman–Crippen LogP) is 2.52. The molecule has 3 nitrogen and oxygen atoms in total. The number of pyridine rings is 1. The lowest BCUT2D eigenvalue weighted by molar-refractivity contribution is 0.0950. The molecule has 17 heavy (non-hydrogen) atoms. The summed E-state index contributed by atoms with van der Waals surface area (Å²) in [6.45, 7) is 2.48. The molecular formula is C12H11FN2OS. The van der Waals surface area contributed by atoms with Gasteiger partial charge in [-0.15, -0.1) is 0 Å². The standard InChI is InChI=1S/C12H11FN2OS/c1-8-6-17-7-10(8)5-15-12(16)9-2-3-11(13)14-4-9/h2-4,6-7H,5H2,1H3,(H,15,16). The Labute approximate surface area is 102 Å². The van der Waals surface area contributed by atoms with Gasteiger partial charge in [0.2, 0.25) is 5.95 Å². The Morgan fingerprint density at radius 2 is 2.29 bits per heavy atom. The molecule has 0 bridgehead atoms. The summed E-state index contributed by atoms with van der Waals surface area (Å²) in [5.41, 5.74) is 2.62. The third-order valence-electron chi connectivity index (χ3n) is 2.39. The van der Waals surface area contributed by atoms with Crippen LogP contribution in [0.5, 0.6) is 0 Å². The van der Waals surface area contributed by atoms with Crippen molar-refractivity contribution in [2.24, 2.45) is 0 Å². The van der Waals surface area contributed by atoms with Crippen molar-refractivity contribution in [2.45, 2.75) is 13.5 Å². The van der Waals surface area contributed by atoms with E-state index < -0.39 is 5.95 Å². The molecule has 2 aromatic rings. The molecule has 0 saturated heterocycles. The second-order valence-corrected chi connectivity index (χ2v) is 4.38. The normalized spacial score (nSPS) is 10.2. The lowest BCUT2D eigenvalue weighted by atomic mass is 10.2. The van der Waals surface area contributed by atoms with Gasteiger partial charge >= 0.3 is 0 Å². The van der Waals surface area contributed by atoms with E-state index in [9.17, 15) is 9.18 Å². The summed E-state index contributed by atoms with van der Waals surface area (Å²) in [5, 5.41) is 6.79. The Hall–Kier alpha value is -1.75. The van der Waals surface area contributed by atoms with Crippen LogP contribution in [0.2, 0.25) is 0 Å². The summed E-state index contributed by atoms with van der Waals surface area (Å²) in [5.74, 6) is -0.835. The van der Waals surface area contributed by atoms with Crippen LogP contribution in [-0.2, 0) is 6.54 Å². The number of halogens is 1. The summed E-state index contributed by atoms with van der Waals surface area (Å²) in [6, 6.07) is 2.59. The van der Waals surface area contributed by atoms with E-state index in [-0.39, 0.29) is 5.91 Å². The maximum Gasteiger partial charge on any atom is 0.253 e. The topological polar surface area (TPSA) is 42.0 Å². The second kappa shape index (κ2) is 5.05. The fraction of sp³-hybridized carbons (Fsp3) is 0.167. The number of amides is 1. The fourth-order valence-corrected chi connectivity index (χ4v) is 2.21. The quantitative estimate of drug-likeness (QED) is 0.850. The molecule has 0 saturated carbocycles. The molecule has 0 unspecified atom stereocenters. The molecule has 0 aliphatic rings. The Balaban J connectivity index is 1.98. The minimum atomic E-state index is -0.588. The number of hydrogen-bond donors (Lipinski definition) is 1. The van der Waals surface area contributed by atoms with Gasteiger partial charge in [-0.05, 0) is 40.9 Å². The number of nitrogens with one attached hydrogen (secondary N) is 1. The van der Waals surface area contributed by atoms with Crippen molar-refractivity contribution >= 4 is 17.2 Å². The zero-order valence-corrected chi connectivity index (χ0v) is 10.1. The molecule has 1 amide bonds. The molecule has 0 aromatic carbocycles. The summed E-state index contributed by atoms with van der Waals surface area (Å²) in [6.07, 6.45) is 1.23. The summed E-state index contributed by atoms with van der Waals surface area (Å²) in [4.78, 5) is 15.1. The van der Waals surface area contributed by atoms with Gasteiger partial charge in [0.05, 0.1) is 5.56 Å². The van der Waals surface area contributed by atoms with E-state index in [4.69, 9.17) is 0 Å². The lowest BCUT2D eigenvalue weighted by Gasteiger charge is -2.04. The van der Waals surface area contributed by atoms with Gasteiger partial charge in [0.25, 0.3) is 5.91 Å². The predicted molar refractivity (Wildman–Crippen MR) is 64.4 cm³/mol. The number of rotatable bonds is 3. The molecule has 2 heterocycles. The molecule has 0 spiro atoms. The third-order valence-corrected chi connectivity index (χ3v) is 3.30. The van der Waals surface area contributed by atoms with Gasteiger partial charge in [-0.3, -0.25) is 4.79 Å². The Morgan fingerprint density at radius 3 is 2.88 bits per heavy atom. The minimum absolute atomic E-state index is 0.247. The zero-order valence-electron chi connectivity index (χ0n) is 9.24. The molecule has 0 fully saturated rings. The number of aromatic nitrogens is 1. The number of carbonyl (C=O) groups excluding carboxylic acids is 1. The summed E-state index contributed by atoms with van der Waals surface area (Å²) < 4.78 is 12.6. The third kappa shape index (κ3) is 2.88. The molecule has 0 aliphatic carbocycles. The van der Waals surface area contributed by atoms with Crippen molar-refractivity contribution in [1.82, 2.24) is 10.3 Å². The summed E-state index contributed by atoms with van der Waals surface area (Å²) >= 11 is 1.60. The van der Waals surface area contributed by atoms with Gasteiger partial charge in [-0.1, -0.05) is 0 Å². The van der Waals surface area contributed by atoms with E-state index in [1.807, 2.05) is 17.7 Å². The molecule has 0 atom stereocenters. The number of thiophene rings is 1. The maximum atomic E-state index is 12.6. The first-order valence-electron chi connectivity index (χ1n) is 5.08. The van der Waals surface area contributed by atoms with Crippen molar-refractivity contribution < 1.29 is 9.18 Å². The molecule has 2 aromatic heterocycles. The molecule has 88 valence electrons. The highest BCUT2D eigenvalue weighted by molar-refractivity contribution is 7.08. The second-order valence-electron chi connectivity index (χ2n) is 3.63. The van der Waals surface area contributed by atoms with Crippen LogP contribution >= 0.6 is 11.3 Å². The number of carbonyl (C=O) groups is 1. The first kappa shape index (κ1) is 11.7. The Bertz CT molecular complexity index is 522. The highest BCUT2D eigenvalue weighted by atomic mass is 32.1. The maximum absolute atomic E-state index is 12.6. The molecule has 5 heteroatoms. The Morgan fingerprint density at radius 1 is 1.47 bits per heavy atom. The highest BCUT2D eigenvalue weighted by Crippen LogP contribution is 2.13. The SMILES string of the molecule is Cc1cscc1CNC(=O)c1ccc(F)nc1. The number of aryl methyl sites for hydroxylation is 1. The van der Waals surface area contributed by atoms with Gasteiger partial charge in [0.1, 0.15) is 0 Å². The van der Waals surface area contributed by atoms with Crippen molar-refractivity contribution in [1.29, 1.82) is 0 Å². The van der Waals surface area contributed by atoms with Crippen molar-refractivity contribution in [3.05, 3.63) is 51.7 Å². The fourth-order valence-electron chi connectivity index (χ4n) is 1.36. The number of nitrogens with zero attached hydrogens (tertiary/aromatic N) is 1. The molecule has 0 radical (unpaired) electrons. The van der Waals surface area contributed by atoms with Crippen LogP contribution in [-0.4, -0.2) is 10.9 Å². The molecule has 1 N–H and O–H groups in total. The highest BCUT2D eigenvalue weighted by Gasteiger charge is 2.07. The van der Waals surface area contributed by atoms with E-state index in [2.05, 4.69) is 10.3 Å². The minimum Gasteiger partial charge on any atom is -0.348 e. The van der Waals surface area contributed by atoms with E-state index in [1.165, 1.54) is 18.3 Å². The van der Waals surface area contributed by atoms with E-state index in [1.54, 1.807) is 11.3 Å². The first-order chi connectivity index (χ1) is 8.16. The van der Waals surface area contributed by atoms with Crippen molar-refractivity contribution in [3.63, 3.8) is 0 Å². The molecule has 2 rings (SSSR count). The van der Waals surface area contributed by atoms with Crippen LogP contribution in [0.15, 0.2) is 29.1 Å². The monoisotopic (exact) mass is 250 g/mol. The Kier molecular flexibility index (Phi) is 3.49.